The van der Waals surface area contributed by atoms with Gasteiger partial charge in [0.15, 0.2) is 0 Å². The van der Waals surface area contributed by atoms with E-state index in [4.69, 9.17) is 4.74 Å². The van der Waals surface area contributed by atoms with Gasteiger partial charge in [0.05, 0.1) is 11.6 Å². The maximum absolute atomic E-state index is 13.3. The Bertz CT molecular complexity index is 1490. The molecule has 0 spiro atoms. The minimum absolute atomic E-state index is 0.0708. The summed E-state index contributed by atoms with van der Waals surface area (Å²) in [4.78, 5) is 32.0. The summed E-state index contributed by atoms with van der Waals surface area (Å²) in [6.45, 7) is 4.65. The van der Waals surface area contributed by atoms with Gasteiger partial charge in [-0.3, -0.25) is 14.6 Å². The molecule has 5 rings (SSSR count). The second-order valence-corrected chi connectivity index (χ2v) is 9.43. The quantitative estimate of drug-likeness (QED) is 0.193. The van der Waals surface area contributed by atoms with Gasteiger partial charge in [-0.15, -0.1) is 0 Å². The van der Waals surface area contributed by atoms with Crippen LogP contribution in [0.4, 0.5) is 0 Å². The van der Waals surface area contributed by atoms with Gasteiger partial charge in [0.1, 0.15) is 18.1 Å². The number of amides is 1. The lowest BCUT2D eigenvalue weighted by molar-refractivity contribution is -0.140. The Balaban J connectivity index is 1.47. The zero-order chi connectivity index (χ0) is 26.6. The second kappa shape index (κ2) is 10.7. The number of benzene rings is 3. The number of carbonyl (C=O) groups is 2. The molecule has 2 heterocycles. The largest absolute Gasteiger partial charge is 0.507 e. The lowest BCUT2D eigenvalue weighted by atomic mass is 9.94. The Kier molecular flexibility index (Phi) is 7.05. The molecule has 3 aromatic carbocycles. The minimum atomic E-state index is -0.722. The van der Waals surface area contributed by atoms with E-state index in [1.54, 1.807) is 48.8 Å². The van der Waals surface area contributed by atoms with Crippen LogP contribution in [0.1, 0.15) is 39.4 Å². The fourth-order valence-corrected chi connectivity index (χ4v) is 4.62. The zero-order valence-corrected chi connectivity index (χ0v) is 21.3. The number of hydrogen-bond donors (Lipinski definition) is 1. The summed E-state index contributed by atoms with van der Waals surface area (Å²) >= 11 is 0. The summed E-state index contributed by atoms with van der Waals surface area (Å²) in [7, 11) is 0. The fraction of sp³-hybridized carbons (Fsp3) is 0.156. The summed E-state index contributed by atoms with van der Waals surface area (Å²) in [5.74, 6) is -0.927. The lowest BCUT2D eigenvalue weighted by Gasteiger charge is -2.25. The van der Waals surface area contributed by atoms with Gasteiger partial charge in [-0.25, -0.2) is 0 Å². The molecular formula is C32H28N2O4. The van der Waals surface area contributed by atoms with Crippen molar-refractivity contribution in [2.24, 2.45) is 0 Å². The number of aliphatic hydroxyl groups excluding tert-OH is 1. The number of aliphatic hydroxyl groups is 1. The first-order valence-corrected chi connectivity index (χ1v) is 12.4. The number of nitrogens with zero attached hydrogens (tertiary/aromatic N) is 2. The Morgan fingerprint density at radius 3 is 2.26 bits per heavy atom. The van der Waals surface area contributed by atoms with Crippen LogP contribution in [0.25, 0.3) is 5.76 Å². The Hall–Kier alpha value is -4.71. The molecule has 0 aliphatic carbocycles. The number of carbonyl (C=O) groups excluding carboxylic acids is 2. The molecule has 190 valence electrons. The van der Waals surface area contributed by atoms with Crippen molar-refractivity contribution in [3.05, 3.63) is 136 Å². The van der Waals surface area contributed by atoms with Gasteiger partial charge in [-0.2, -0.15) is 0 Å². The molecule has 0 saturated carbocycles. The zero-order valence-electron chi connectivity index (χ0n) is 21.3. The minimum Gasteiger partial charge on any atom is -0.507 e. The molecule has 1 saturated heterocycles. The van der Waals surface area contributed by atoms with Gasteiger partial charge >= 0.3 is 0 Å². The van der Waals surface area contributed by atoms with Crippen molar-refractivity contribution in [2.75, 3.05) is 0 Å². The van der Waals surface area contributed by atoms with Crippen molar-refractivity contribution in [1.29, 1.82) is 0 Å². The number of ether oxygens (including phenoxy) is 1. The van der Waals surface area contributed by atoms with Crippen LogP contribution in [-0.4, -0.2) is 26.7 Å². The summed E-state index contributed by atoms with van der Waals surface area (Å²) in [5, 5.41) is 11.3. The van der Waals surface area contributed by atoms with E-state index in [9.17, 15) is 14.7 Å². The average Bonchev–Trinajstić information content (AvgIpc) is 3.18. The van der Waals surface area contributed by atoms with Crippen LogP contribution in [0.3, 0.4) is 0 Å². The predicted molar refractivity (Wildman–Crippen MR) is 145 cm³/mol. The van der Waals surface area contributed by atoms with E-state index in [1.165, 1.54) is 4.90 Å². The van der Waals surface area contributed by atoms with E-state index in [0.29, 0.717) is 17.9 Å². The van der Waals surface area contributed by atoms with Gasteiger partial charge in [-0.05, 0) is 72.5 Å². The smallest absolute Gasteiger partial charge is 0.295 e. The Morgan fingerprint density at radius 2 is 1.58 bits per heavy atom. The highest BCUT2D eigenvalue weighted by Crippen LogP contribution is 2.40. The van der Waals surface area contributed by atoms with Gasteiger partial charge < -0.3 is 14.7 Å². The molecule has 1 aromatic heterocycles. The summed E-state index contributed by atoms with van der Waals surface area (Å²) < 4.78 is 5.92. The van der Waals surface area contributed by atoms with Gasteiger partial charge in [-0.1, -0.05) is 54.1 Å². The summed E-state index contributed by atoms with van der Waals surface area (Å²) in [6, 6.07) is 25.5. The number of rotatable bonds is 7. The van der Waals surface area contributed by atoms with Crippen LogP contribution in [0.5, 0.6) is 5.75 Å². The molecule has 1 fully saturated rings. The van der Waals surface area contributed by atoms with Crippen LogP contribution >= 0.6 is 0 Å². The predicted octanol–water partition coefficient (Wildman–Crippen LogP) is 5.90. The molecule has 0 radical (unpaired) electrons. The van der Waals surface area contributed by atoms with Crippen LogP contribution in [0.15, 0.2) is 103 Å². The number of likely N-dealkylation sites (tertiary alicyclic amines) is 1. The third-order valence-corrected chi connectivity index (χ3v) is 6.82. The highest BCUT2D eigenvalue weighted by atomic mass is 16.5. The first-order chi connectivity index (χ1) is 18.4. The lowest BCUT2D eigenvalue weighted by Crippen LogP contribution is -2.29. The van der Waals surface area contributed by atoms with E-state index in [0.717, 1.165) is 27.8 Å². The van der Waals surface area contributed by atoms with Gasteiger partial charge in [0.25, 0.3) is 11.7 Å². The van der Waals surface area contributed by atoms with Gasteiger partial charge in [0.2, 0.25) is 0 Å². The van der Waals surface area contributed by atoms with Crippen LogP contribution in [0.2, 0.25) is 0 Å². The molecule has 6 nitrogen and oxygen atoms in total. The maximum atomic E-state index is 13.3. The van der Waals surface area contributed by atoms with Crippen molar-refractivity contribution in [3.63, 3.8) is 0 Å². The molecule has 0 bridgehead atoms. The number of aryl methyl sites for hydroxylation is 2. The highest BCUT2D eigenvalue weighted by molar-refractivity contribution is 6.46. The topological polar surface area (TPSA) is 79.7 Å². The summed E-state index contributed by atoms with van der Waals surface area (Å²) in [5.41, 5.74) is 5.40. The van der Waals surface area contributed by atoms with Crippen molar-refractivity contribution in [3.8, 4) is 5.75 Å². The van der Waals surface area contributed by atoms with E-state index in [1.807, 2.05) is 62.4 Å². The normalized spacial score (nSPS) is 16.6. The molecule has 1 unspecified atom stereocenters. The molecular weight excluding hydrogens is 476 g/mol. The molecule has 1 amide bonds. The van der Waals surface area contributed by atoms with E-state index >= 15 is 0 Å². The molecule has 38 heavy (non-hydrogen) atoms. The molecule has 6 heteroatoms. The van der Waals surface area contributed by atoms with Crippen LogP contribution in [-0.2, 0) is 22.7 Å². The maximum Gasteiger partial charge on any atom is 0.295 e. The molecule has 1 N–H and O–H groups in total. The molecule has 1 aliphatic rings. The monoisotopic (exact) mass is 504 g/mol. The number of hydrogen-bond acceptors (Lipinski definition) is 5. The molecule has 4 aromatic rings. The Labute approximate surface area is 221 Å². The van der Waals surface area contributed by atoms with Crippen LogP contribution < -0.4 is 4.74 Å². The number of ketones is 1. The second-order valence-electron chi connectivity index (χ2n) is 9.43. The van der Waals surface area contributed by atoms with E-state index in [2.05, 4.69) is 4.98 Å². The van der Waals surface area contributed by atoms with E-state index in [-0.39, 0.29) is 17.9 Å². The third-order valence-electron chi connectivity index (χ3n) is 6.82. The Morgan fingerprint density at radius 1 is 0.895 bits per heavy atom. The fourth-order valence-electron chi connectivity index (χ4n) is 4.62. The number of aromatic nitrogens is 1. The standard InChI is InChI=1S/C32H28N2O4/c1-21-7-9-24(10-8-21)29-28(31(36)32(37)34(29)19-23-15-17-33-18-16-23)30(35)25-11-13-27(14-12-25)38-20-26-6-4-3-5-22(26)2/h3-18,29,35H,19-20H2,1-2H3/b30-28+. The van der Waals surface area contributed by atoms with E-state index < -0.39 is 17.7 Å². The average molecular weight is 505 g/mol. The van der Waals surface area contributed by atoms with Crippen LogP contribution in [0, 0.1) is 13.8 Å². The van der Waals surface area contributed by atoms with Crippen molar-refractivity contribution < 1.29 is 19.4 Å². The van der Waals surface area contributed by atoms with Crippen molar-refractivity contribution >= 4 is 17.4 Å². The van der Waals surface area contributed by atoms with Crippen molar-refractivity contribution in [2.45, 2.75) is 33.0 Å². The number of pyridine rings is 1. The van der Waals surface area contributed by atoms with Gasteiger partial charge in [0, 0.05) is 24.5 Å². The summed E-state index contributed by atoms with van der Waals surface area (Å²) in [6.07, 6.45) is 3.30. The SMILES string of the molecule is Cc1ccc(C2/C(=C(\O)c3ccc(OCc4ccccc4C)cc3)C(=O)C(=O)N2Cc2ccncc2)cc1. The molecule has 1 atom stereocenters. The molecule has 1 aliphatic heterocycles. The third kappa shape index (κ3) is 5.06. The van der Waals surface area contributed by atoms with Crippen molar-refractivity contribution in [1.82, 2.24) is 9.88 Å². The number of Topliss-reactive ketones (excluding diaryl/α,β-unsaturated/α-hetero) is 1. The first kappa shape index (κ1) is 25.0. The highest BCUT2D eigenvalue weighted by Gasteiger charge is 2.46. The first-order valence-electron chi connectivity index (χ1n) is 12.4.